The summed E-state index contributed by atoms with van der Waals surface area (Å²) in [6.07, 6.45) is 0.786. The Balaban J connectivity index is 2.01. The number of carbonyl (C=O) groups is 2. The maximum Gasteiger partial charge on any atom is 0.268 e. The molecule has 0 radical (unpaired) electrons. The zero-order valence-corrected chi connectivity index (χ0v) is 16.5. The van der Waals surface area contributed by atoms with E-state index in [-0.39, 0.29) is 17.6 Å². The SMILES string of the molecule is CCCC(=O)c1ccc2c(c1)N(Cc1ccc(C)cc1)C(=O)C(C(C)C)O2. The van der Waals surface area contributed by atoms with Crippen LogP contribution in [0.5, 0.6) is 5.75 Å². The minimum absolute atomic E-state index is 0.0573. The fourth-order valence-corrected chi connectivity index (χ4v) is 3.29. The van der Waals surface area contributed by atoms with Crippen molar-refractivity contribution in [2.24, 2.45) is 5.92 Å². The topological polar surface area (TPSA) is 46.6 Å². The van der Waals surface area contributed by atoms with Crippen LogP contribution in [0.1, 0.15) is 55.1 Å². The fraction of sp³-hybridized carbons (Fsp3) is 0.391. The zero-order valence-electron chi connectivity index (χ0n) is 16.5. The molecular formula is C23H27NO3. The van der Waals surface area contributed by atoms with Gasteiger partial charge in [-0.15, -0.1) is 0 Å². The zero-order chi connectivity index (χ0) is 19.6. The van der Waals surface area contributed by atoms with E-state index in [1.165, 1.54) is 5.56 Å². The van der Waals surface area contributed by atoms with Crippen LogP contribution in [0.2, 0.25) is 0 Å². The maximum absolute atomic E-state index is 13.1. The smallest absolute Gasteiger partial charge is 0.268 e. The Morgan fingerprint density at radius 3 is 2.48 bits per heavy atom. The van der Waals surface area contributed by atoms with Gasteiger partial charge in [-0.1, -0.05) is 50.6 Å². The molecular weight excluding hydrogens is 338 g/mol. The van der Waals surface area contributed by atoms with Crippen molar-refractivity contribution in [3.05, 3.63) is 59.2 Å². The van der Waals surface area contributed by atoms with Crippen molar-refractivity contribution in [3.63, 3.8) is 0 Å². The summed E-state index contributed by atoms with van der Waals surface area (Å²) >= 11 is 0. The van der Waals surface area contributed by atoms with E-state index < -0.39 is 6.10 Å². The molecule has 4 nitrogen and oxygen atoms in total. The molecule has 0 aliphatic carbocycles. The summed E-state index contributed by atoms with van der Waals surface area (Å²) in [5.41, 5.74) is 3.54. The Morgan fingerprint density at radius 2 is 1.85 bits per heavy atom. The normalized spacial score (nSPS) is 16.3. The molecule has 0 fully saturated rings. The van der Waals surface area contributed by atoms with E-state index in [9.17, 15) is 9.59 Å². The number of hydrogen-bond donors (Lipinski definition) is 0. The van der Waals surface area contributed by atoms with Crippen LogP contribution in [0.4, 0.5) is 5.69 Å². The first-order valence-corrected chi connectivity index (χ1v) is 9.61. The molecule has 1 unspecified atom stereocenters. The molecule has 0 saturated heterocycles. The number of anilines is 1. The highest BCUT2D eigenvalue weighted by Gasteiger charge is 2.36. The average molecular weight is 365 g/mol. The first-order chi connectivity index (χ1) is 12.9. The van der Waals surface area contributed by atoms with Gasteiger partial charge in [0, 0.05) is 12.0 Å². The summed E-state index contributed by atoms with van der Waals surface area (Å²) < 4.78 is 5.98. The van der Waals surface area contributed by atoms with Gasteiger partial charge >= 0.3 is 0 Å². The van der Waals surface area contributed by atoms with Crippen molar-refractivity contribution in [3.8, 4) is 5.75 Å². The van der Waals surface area contributed by atoms with E-state index in [4.69, 9.17) is 4.74 Å². The van der Waals surface area contributed by atoms with Crippen molar-refractivity contribution in [2.45, 2.75) is 53.2 Å². The van der Waals surface area contributed by atoms with Crippen molar-refractivity contribution in [2.75, 3.05) is 4.90 Å². The third-order valence-corrected chi connectivity index (χ3v) is 4.88. The Labute approximate surface area is 161 Å². The molecule has 1 amide bonds. The number of benzene rings is 2. The molecule has 27 heavy (non-hydrogen) atoms. The number of amides is 1. The van der Waals surface area contributed by atoms with E-state index in [0.29, 0.717) is 30.0 Å². The van der Waals surface area contributed by atoms with Crippen molar-refractivity contribution in [1.29, 1.82) is 0 Å². The monoisotopic (exact) mass is 365 g/mol. The van der Waals surface area contributed by atoms with Crippen LogP contribution in [-0.2, 0) is 11.3 Å². The van der Waals surface area contributed by atoms with Crippen LogP contribution in [0.25, 0.3) is 0 Å². The van der Waals surface area contributed by atoms with Gasteiger partial charge in [0.05, 0.1) is 12.2 Å². The van der Waals surface area contributed by atoms with E-state index in [1.54, 1.807) is 17.0 Å². The molecule has 2 aromatic rings. The molecule has 142 valence electrons. The summed E-state index contributed by atoms with van der Waals surface area (Å²) in [5.74, 6) is 0.758. The number of ether oxygens (including phenoxy) is 1. The Hall–Kier alpha value is -2.62. The third-order valence-electron chi connectivity index (χ3n) is 4.88. The number of nitrogens with zero attached hydrogens (tertiary/aromatic N) is 1. The van der Waals surface area contributed by atoms with Gasteiger partial charge in [-0.3, -0.25) is 9.59 Å². The molecule has 1 atom stereocenters. The number of Topliss-reactive ketones (excluding diaryl/α,β-unsaturated/α-hetero) is 1. The molecule has 0 bridgehead atoms. The molecule has 0 saturated carbocycles. The van der Waals surface area contributed by atoms with Crippen molar-refractivity contribution < 1.29 is 14.3 Å². The van der Waals surface area contributed by atoms with Crippen LogP contribution in [0.3, 0.4) is 0 Å². The van der Waals surface area contributed by atoms with E-state index >= 15 is 0 Å². The molecule has 0 N–H and O–H groups in total. The lowest BCUT2D eigenvalue weighted by Crippen LogP contribution is -2.48. The van der Waals surface area contributed by atoms with Crippen LogP contribution >= 0.6 is 0 Å². The van der Waals surface area contributed by atoms with Gasteiger partial charge in [-0.2, -0.15) is 0 Å². The molecule has 2 aromatic carbocycles. The Bertz CT molecular complexity index is 839. The second kappa shape index (κ2) is 7.95. The summed E-state index contributed by atoms with van der Waals surface area (Å²) in [6, 6.07) is 13.6. The molecule has 3 rings (SSSR count). The molecule has 1 aliphatic rings. The maximum atomic E-state index is 13.1. The van der Waals surface area contributed by atoms with Gasteiger partial charge in [0.25, 0.3) is 5.91 Å². The fourth-order valence-electron chi connectivity index (χ4n) is 3.29. The van der Waals surface area contributed by atoms with E-state index in [0.717, 1.165) is 12.0 Å². The standard InChI is InChI=1S/C23H27NO3/c1-5-6-20(25)18-11-12-21-19(13-18)24(23(26)22(27-21)15(2)3)14-17-9-7-16(4)8-10-17/h7-13,15,22H,5-6,14H2,1-4H3. The molecule has 0 aromatic heterocycles. The molecule has 1 aliphatic heterocycles. The van der Waals surface area contributed by atoms with Gasteiger partial charge in [0.2, 0.25) is 0 Å². The number of aryl methyl sites for hydroxylation is 1. The van der Waals surface area contributed by atoms with Crippen molar-refractivity contribution >= 4 is 17.4 Å². The summed E-state index contributed by atoms with van der Waals surface area (Å²) in [4.78, 5) is 27.2. The molecule has 0 spiro atoms. The Kier molecular flexibility index (Phi) is 5.64. The number of ketones is 1. The number of fused-ring (bicyclic) bond motifs is 1. The minimum Gasteiger partial charge on any atom is -0.478 e. The lowest BCUT2D eigenvalue weighted by Gasteiger charge is -2.36. The van der Waals surface area contributed by atoms with Crippen LogP contribution in [0, 0.1) is 12.8 Å². The summed E-state index contributed by atoms with van der Waals surface area (Å²) in [6.45, 7) is 8.46. The first-order valence-electron chi connectivity index (χ1n) is 9.61. The second-order valence-corrected chi connectivity index (χ2v) is 7.55. The highest BCUT2D eigenvalue weighted by Crippen LogP contribution is 2.37. The molecule has 1 heterocycles. The van der Waals surface area contributed by atoms with Crippen LogP contribution < -0.4 is 9.64 Å². The third kappa shape index (κ3) is 4.05. The van der Waals surface area contributed by atoms with E-state index in [1.807, 2.05) is 58.0 Å². The number of rotatable bonds is 6. The number of carbonyl (C=O) groups excluding carboxylic acids is 2. The van der Waals surface area contributed by atoms with Gasteiger partial charge in [-0.25, -0.2) is 0 Å². The van der Waals surface area contributed by atoms with Gasteiger partial charge in [0.1, 0.15) is 5.75 Å². The highest BCUT2D eigenvalue weighted by molar-refractivity contribution is 6.03. The minimum atomic E-state index is -0.514. The second-order valence-electron chi connectivity index (χ2n) is 7.55. The quantitative estimate of drug-likeness (QED) is 0.682. The lowest BCUT2D eigenvalue weighted by molar-refractivity contribution is -0.128. The Morgan fingerprint density at radius 1 is 1.15 bits per heavy atom. The highest BCUT2D eigenvalue weighted by atomic mass is 16.5. The van der Waals surface area contributed by atoms with Crippen LogP contribution in [0.15, 0.2) is 42.5 Å². The predicted octanol–water partition coefficient (Wildman–Crippen LogP) is 4.93. The molecule has 4 heteroatoms. The first kappa shape index (κ1) is 19.2. The summed E-state index contributed by atoms with van der Waals surface area (Å²) in [7, 11) is 0. The van der Waals surface area contributed by atoms with E-state index in [2.05, 4.69) is 0 Å². The number of hydrogen-bond acceptors (Lipinski definition) is 3. The largest absolute Gasteiger partial charge is 0.478 e. The van der Waals surface area contributed by atoms with Gasteiger partial charge in [0.15, 0.2) is 11.9 Å². The van der Waals surface area contributed by atoms with Gasteiger partial charge < -0.3 is 9.64 Å². The average Bonchev–Trinajstić information content (AvgIpc) is 2.65. The van der Waals surface area contributed by atoms with Crippen LogP contribution in [-0.4, -0.2) is 17.8 Å². The van der Waals surface area contributed by atoms with Gasteiger partial charge in [-0.05, 0) is 43.0 Å². The lowest BCUT2D eigenvalue weighted by atomic mass is 10.00. The summed E-state index contributed by atoms with van der Waals surface area (Å²) in [5, 5.41) is 0. The predicted molar refractivity (Wildman–Crippen MR) is 107 cm³/mol. The van der Waals surface area contributed by atoms with Crippen molar-refractivity contribution in [1.82, 2.24) is 0 Å².